The Bertz CT molecular complexity index is 798. The zero-order valence-corrected chi connectivity index (χ0v) is 16.8. The minimum atomic E-state index is -2.84. The molecule has 3 aliphatic rings. The Morgan fingerprint density at radius 3 is 2.67 bits per heavy atom. The van der Waals surface area contributed by atoms with Crippen LogP contribution >= 0.6 is 0 Å². The number of rotatable bonds is 4. The Balaban J connectivity index is 1.37. The molecule has 0 bridgehead atoms. The first kappa shape index (κ1) is 18.5. The van der Waals surface area contributed by atoms with Gasteiger partial charge in [0.1, 0.15) is 5.82 Å². The molecule has 1 aliphatic carbocycles. The highest BCUT2D eigenvalue weighted by Gasteiger charge is 2.30. The van der Waals surface area contributed by atoms with Crippen LogP contribution in [-0.4, -0.2) is 74.5 Å². The van der Waals surface area contributed by atoms with Crippen molar-refractivity contribution in [2.24, 2.45) is 10.9 Å². The molecule has 2 aliphatic heterocycles. The molecule has 1 saturated carbocycles. The van der Waals surface area contributed by atoms with E-state index >= 15 is 0 Å². The van der Waals surface area contributed by atoms with Crippen LogP contribution in [0, 0.1) is 12.8 Å². The molecule has 27 heavy (non-hydrogen) atoms. The van der Waals surface area contributed by atoms with Gasteiger partial charge in [-0.2, -0.15) is 0 Å². The van der Waals surface area contributed by atoms with Crippen LogP contribution in [0.2, 0.25) is 0 Å². The molecule has 148 valence electrons. The Morgan fingerprint density at radius 1 is 1.26 bits per heavy atom. The van der Waals surface area contributed by atoms with Crippen LogP contribution < -0.4 is 10.2 Å². The lowest BCUT2D eigenvalue weighted by Crippen LogP contribution is -2.53. The quantitative estimate of drug-likeness (QED) is 0.611. The minimum absolute atomic E-state index is 0.170. The smallest absolute Gasteiger partial charge is 0.194 e. The van der Waals surface area contributed by atoms with E-state index < -0.39 is 9.84 Å². The third-order valence-corrected chi connectivity index (χ3v) is 7.38. The summed E-state index contributed by atoms with van der Waals surface area (Å²) in [5.74, 6) is 2.78. The first-order valence-corrected chi connectivity index (χ1v) is 11.7. The number of aliphatic imine (C=N–C) groups is 1. The van der Waals surface area contributed by atoms with E-state index in [-0.39, 0.29) is 5.92 Å². The summed E-state index contributed by atoms with van der Waals surface area (Å²) in [4.78, 5) is 14.0. The second-order valence-corrected chi connectivity index (χ2v) is 10.2. The Morgan fingerprint density at radius 2 is 2.04 bits per heavy atom. The van der Waals surface area contributed by atoms with Crippen molar-refractivity contribution in [1.82, 2.24) is 15.2 Å². The zero-order valence-electron chi connectivity index (χ0n) is 16.0. The highest BCUT2D eigenvalue weighted by molar-refractivity contribution is 7.91. The lowest BCUT2D eigenvalue weighted by molar-refractivity contribution is 0.369. The van der Waals surface area contributed by atoms with Crippen molar-refractivity contribution >= 4 is 21.6 Å². The maximum absolute atomic E-state index is 11.7. The van der Waals surface area contributed by atoms with Crippen LogP contribution in [0.3, 0.4) is 0 Å². The van der Waals surface area contributed by atoms with Crippen LogP contribution in [0.25, 0.3) is 0 Å². The van der Waals surface area contributed by atoms with E-state index in [0.717, 1.165) is 44.4 Å². The average molecular weight is 392 g/mol. The molecular weight excluding hydrogens is 362 g/mol. The number of sulfone groups is 1. The van der Waals surface area contributed by atoms with E-state index in [9.17, 15) is 8.42 Å². The van der Waals surface area contributed by atoms with Crippen LogP contribution in [0.15, 0.2) is 23.3 Å². The summed E-state index contributed by atoms with van der Waals surface area (Å²) >= 11 is 0. The van der Waals surface area contributed by atoms with Crippen molar-refractivity contribution in [2.45, 2.75) is 32.2 Å². The Labute approximate surface area is 161 Å². The van der Waals surface area contributed by atoms with Crippen LogP contribution in [0.4, 0.5) is 5.82 Å². The van der Waals surface area contributed by atoms with Crippen molar-refractivity contribution < 1.29 is 8.42 Å². The first-order chi connectivity index (χ1) is 13.0. The second-order valence-electron chi connectivity index (χ2n) is 8.02. The molecule has 1 atom stereocenters. The van der Waals surface area contributed by atoms with Crippen molar-refractivity contribution in [3.8, 4) is 0 Å². The number of hydrogen-bond acceptors (Lipinski definition) is 5. The number of pyridine rings is 1. The predicted molar refractivity (Wildman–Crippen MR) is 108 cm³/mol. The number of aromatic nitrogens is 1. The van der Waals surface area contributed by atoms with Gasteiger partial charge in [-0.25, -0.2) is 13.4 Å². The molecule has 1 aromatic rings. The molecule has 3 heterocycles. The fourth-order valence-electron chi connectivity index (χ4n) is 3.72. The molecule has 0 aromatic carbocycles. The van der Waals surface area contributed by atoms with E-state index in [2.05, 4.69) is 33.1 Å². The lowest BCUT2D eigenvalue weighted by atomic mass is 10.1. The highest BCUT2D eigenvalue weighted by Crippen LogP contribution is 2.22. The molecule has 8 heteroatoms. The Kier molecular flexibility index (Phi) is 5.25. The third-order valence-electron chi connectivity index (χ3n) is 5.54. The number of nitrogens with one attached hydrogen (secondary N) is 1. The van der Waals surface area contributed by atoms with Gasteiger partial charge in [0.15, 0.2) is 15.8 Å². The molecule has 7 nitrogen and oxygen atoms in total. The van der Waals surface area contributed by atoms with Gasteiger partial charge in [0, 0.05) is 45.0 Å². The maximum atomic E-state index is 11.7. The summed E-state index contributed by atoms with van der Waals surface area (Å²) in [5.41, 5.74) is 1.23. The van der Waals surface area contributed by atoms with Gasteiger partial charge in [-0.1, -0.05) is 0 Å². The predicted octanol–water partition coefficient (Wildman–Crippen LogP) is 1.05. The number of anilines is 1. The molecule has 0 amide bonds. The van der Waals surface area contributed by atoms with E-state index in [1.807, 2.05) is 12.3 Å². The standard InChI is InChI=1S/C19H29N5O2S/c1-15-4-6-20-18(12-15)23-7-9-24(10-8-23)19(22-17-2-3-17)21-13-16-5-11-27(25,26)14-16/h4,6,12,16-17H,2-3,5,7-11,13-14H2,1H3,(H,21,22). The van der Waals surface area contributed by atoms with Crippen molar-refractivity contribution in [2.75, 3.05) is 49.1 Å². The summed E-state index contributed by atoms with van der Waals surface area (Å²) in [6.07, 6.45) is 5.01. The van der Waals surface area contributed by atoms with Crippen LogP contribution in [-0.2, 0) is 9.84 Å². The summed E-state index contributed by atoms with van der Waals surface area (Å²) in [6.45, 7) is 6.33. The number of hydrogen-bond donors (Lipinski definition) is 1. The molecule has 1 N–H and O–H groups in total. The summed E-state index contributed by atoms with van der Waals surface area (Å²) in [7, 11) is -2.84. The van der Waals surface area contributed by atoms with Gasteiger partial charge in [-0.3, -0.25) is 4.99 Å². The molecular formula is C19H29N5O2S. The molecule has 0 spiro atoms. The second kappa shape index (κ2) is 7.66. The van der Waals surface area contributed by atoms with Gasteiger partial charge in [0.25, 0.3) is 0 Å². The van der Waals surface area contributed by atoms with E-state index in [1.165, 1.54) is 18.4 Å². The highest BCUT2D eigenvalue weighted by atomic mass is 32.2. The summed E-state index contributed by atoms with van der Waals surface area (Å²) < 4.78 is 23.4. The van der Waals surface area contributed by atoms with Gasteiger partial charge in [0.2, 0.25) is 0 Å². The summed E-state index contributed by atoms with van der Waals surface area (Å²) in [6, 6.07) is 4.69. The number of aryl methyl sites for hydroxylation is 1. The normalized spacial score (nSPS) is 25.7. The molecule has 4 rings (SSSR count). The number of piperazine rings is 1. The van der Waals surface area contributed by atoms with E-state index in [0.29, 0.717) is 24.1 Å². The minimum Gasteiger partial charge on any atom is -0.354 e. The van der Waals surface area contributed by atoms with Crippen LogP contribution in [0.5, 0.6) is 0 Å². The molecule has 3 fully saturated rings. The van der Waals surface area contributed by atoms with E-state index in [4.69, 9.17) is 4.99 Å². The fourth-order valence-corrected chi connectivity index (χ4v) is 5.57. The number of guanidine groups is 1. The molecule has 1 aromatic heterocycles. The van der Waals surface area contributed by atoms with Gasteiger partial charge in [0.05, 0.1) is 11.5 Å². The van der Waals surface area contributed by atoms with Gasteiger partial charge < -0.3 is 15.1 Å². The topological polar surface area (TPSA) is 77.9 Å². The van der Waals surface area contributed by atoms with Gasteiger partial charge >= 0.3 is 0 Å². The van der Waals surface area contributed by atoms with Crippen LogP contribution in [0.1, 0.15) is 24.8 Å². The number of nitrogens with zero attached hydrogens (tertiary/aromatic N) is 4. The molecule has 0 radical (unpaired) electrons. The van der Waals surface area contributed by atoms with Crippen molar-refractivity contribution in [3.63, 3.8) is 0 Å². The largest absolute Gasteiger partial charge is 0.354 e. The monoisotopic (exact) mass is 391 g/mol. The van der Waals surface area contributed by atoms with Gasteiger partial charge in [-0.15, -0.1) is 0 Å². The SMILES string of the molecule is Cc1ccnc(N2CCN(C(=NCC3CCS(=O)(=O)C3)NC3CC3)CC2)c1. The third kappa shape index (κ3) is 4.91. The summed E-state index contributed by atoms with van der Waals surface area (Å²) in [5, 5.41) is 3.56. The maximum Gasteiger partial charge on any atom is 0.194 e. The van der Waals surface area contributed by atoms with Gasteiger partial charge in [-0.05, 0) is 49.8 Å². The molecule has 1 unspecified atom stereocenters. The lowest BCUT2D eigenvalue weighted by Gasteiger charge is -2.37. The Hall–Kier alpha value is -1.83. The van der Waals surface area contributed by atoms with Crippen molar-refractivity contribution in [3.05, 3.63) is 23.9 Å². The fraction of sp³-hybridized carbons (Fsp3) is 0.684. The zero-order chi connectivity index (χ0) is 18.9. The van der Waals surface area contributed by atoms with E-state index in [1.54, 1.807) is 0 Å². The average Bonchev–Trinajstić information content (AvgIpc) is 3.40. The first-order valence-electron chi connectivity index (χ1n) is 9.92. The molecule has 2 saturated heterocycles. The van der Waals surface area contributed by atoms with Crippen molar-refractivity contribution in [1.29, 1.82) is 0 Å².